The van der Waals surface area contributed by atoms with Gasteiger partial charge in [-0.05, 0) is 19.8 Å². The van der Waals surface area contributed by atoms with E-state index in [9.17, 15) is 4.79 Å². The van der Waals surface area contributed by atoms with Crippen LogP contribution in [-0.2, 0) is 19.0 Å². The number of hydrogen-bond acceptors (Lipinski definition) is 5. The molecular weight excluding hydrogens is 324 g/mol. The molecule has 2 aliphatic heterocycles. The number of methoxy groups -OCH3 is 1. The highest BCUT2D eigenvalue weighted by Crippen LogP contribution is 2.16. The van der Waals surface area contributed by atoms with E-state index in [0.29, 0.717) is 46.1 Å². The normalized spacial score (nSPS) is 21.7. The van der Waals surface area contributed by atoms with E-state index in [1.165, 1.54) is 0 Å². The summed E-state index contributed by atoms with van der Waals surface area (Å²) in [5, 5.41) is 3.32. The van der Waals surface area contributed by atoms with Gasteiger partial charge in [-0.15, -0.1) is 0 Å². The second-order valence-electron chi connectivity index (χ2n) is 6.15. The second kappa shape index (κ2) is 11.3. The van der Waals surface area contributed by atoms with Crippen molar-refractivity contribution in [3.05, 3.63) is 0 Å². The van der Waals surface area contributed by atoms with E-state index in [0.717, 1.165) is 38.4 Å². The van der Waals surface area contributed by atoms with Gasteiger partial charge in [0.25, 0.3) is 5.91 Å². The van der Waals surface area contributed by atoms with E-state index in [1.54, 1.807) is 7.11 Å². The molecule has 0 aromatic carbocycles. The predicted molar refractivity (Wildman–Crippen MR) is 95.8 cm³/mol. The molecule has 0 bridgehead atoms. The van der Waals surface area contributed by atoms with E-state index < -0.39 is 0 Å². The van der Waals surface area contributed by atoms with E-state index >= 15 is 0 Å². The molecule has 2 saturated heterocycles. The Labute approximate surface area is 150 Å². The van der Waals surface area contributed by atoms with Gasteiger partial charge in [0.2, 0.25) is 0 Å². The van der Waals surface area contributed by atoms with Gasteiger partial charge in [-0.3, -0.25) is 9.79 Å². The molecule has 0 aliphatic carbocycles. The Balaban J connectivity index is 1.75. The van der Waals surface area contributed by atoms with Crippen molar-refractivity contribution in [1.82, 2.24) is 15.1 Å². The van der Waals surface area contributed by atoms with Crippen molar-refractivity contribution in [2.75, 3.05) is 72.8 Å². The van der Waals surface area contributed by atoms with Crippen LogP contribution in [0.2, 0.25) is 0 Å². The molecule has 0 radical (unpaired) electrons. The van der Waals surface area contributed by atoms with Gasteiger partial charge < -0.3 is 29.3 Å². The van der Waals surface area contributed by atoms with Crippen LogP contribution >= 0.6 is 0 Å². The Morgan fingerprint density at radius 2 is 1.96 bits per heavy atom. The lowest BCUT2D eigenvalue weighted by Gasteiger charge is -2.37. The van der Waals surface area contributed by atoms with Gasteiger partial charge in [0.1, 0.15) is 6.10 Å². The number of carbonyl (C=O) groups excluding carboxylic acids is 1. The van der Waals surface area contributed by atoms with Gasteiger partial charge in [-0.2, -0.15) is 0 Å². The van der Waals surface area contributed by atoms with Crippen molar-refractivity contribution in [3.8, 4) is 0 Å². The van der Waals surface area contributed by atoms with Crippen LogP contribution in [0.1, 0.15) is 19.8 Å². The minimum Gasteiger partial charge on any atom is -0.382 e. The van der Waals surface area contributed by atoms with Crippen molar-refractivity contribution in [2.45, 2.75) is 25.9 Å². The lowest BCUT2D eigenvalue weighted by Crippen LogP contribution is -2.55. The summed E-state index contributed by atoms with van der Waals surface area (Å²) in [6.07, 6.45) is 1.62. The van der Waals surface area contributed by atoms with Crippen LogP contribution in [0.5, 0.6) is 0 Å². The summed E-state index contributed by atoms with van der Waals surface area (Å²) in [6.45, 7) is 8.97. The quantitative estimate of drug-likeness (QED) is 0.373. The lowest BCUT2D eigenvalue weighted by molar-refractivity contribution is -0.142. The summed E-state index contributed by atoms with van der Waals surface area (Å²) in [7, 11) is 1.66. The number of hydrogen-bond donors (Lipinski definition) is 1. The fourth-order valence-electron chi connectivity index (χ4n) is 3.00. The van der Waals surface area contributed by atoms with Crippen LogP contribution in [0.3, 0.4) is 0 Å². The Morgan fingerprint density at radius 3 is 2.60 bits per heavy atom. The van der Waals surface area contributed by atoms with Crippen molar-refractivity contribution in [2.24, 2.45) is 4.99 Å². The van der Waals surface area contributed by atoms with Crippen molar-refractivity contribution >= 4 is 11.9 Å². The first-order valence-electron chi connectivity index (χ1n) is 9.26. The summed E-state index contributed by atoms with van der Waals surface area (Å²) in [6, 6.07) is 0. The molecule has 1 amide bonds. The molecule has 2 aliphatic rings. The summed E-state index contributed by atoms with van der Waals surface area (Å²) in [5.41, 5.74) is 0. The molecule has 0 saturated carbocycles. The number of aliphatic imine (C=N–C) groups is 1. The Bertz CT molecular complexity index is 419. The Hall–Kier alpha value is -1.38. The molecule has 2 rings (SSSR count). The minimum absolute atomic E-state index is 0.144. The van der Waals surface area contributed by atoms with Gasteiger partial charge in [0, 0.05) is 46.4 Å². The number of nitrogens with one attached hydrogen (secondary N) is 1. The third kappa shape index (κ3) is 6.45. The molecule has 1 unspecified atom stereocenters. The maximum absolute atomic E-state index is 12.4. The summed E-state index contributed by atoms with van der Waals surface area (Å²) in [5.74, 6) is 1.03. The smallest absolute Gasteiger partial charge is 0.251 e. The Kier molecular flexibility index (Phi) is 8.99. The van der Waals surface area contributed by atoms with Crippen LogP contribution in [0.4, 0.5) is 0 Å². The zero-order valence-electron chi connectivity index (χ0n) is 15.5. The number of guanidine groups is 1. The molecule has 2 heterocycles. The molecule has 144 valence electrons. The summed E-state index contributed by atoms with van der Waals surface area (Å²) >= 11 is 0. The minimum atomic E-state index is -0.224. The Morgan fingerprint density at radius 1 is 1.20 bits per heavy atom. The monoisotopic (exact) mass is 356 g/mol. The van der Waals surface area contributed by atoms with Crippen LogP contribution in [-0.4, -0.2) is 101 Å². The predicted octanol–water partition coefficient (Wildman–Crippen LogP) is -0.0619. The van der Waals surface area contributed by atoms with E-state index in [1.807, 2.05) is 4.90 Å². The zero-order valence-corrected chi connectivity index (χ0v) is 15.5. The highest BCUT2D eigenvalue weighted by Gasteiger charge is 2.30. The molecule has 0 spiro atoms. The molecule has 0 aromatic heterocycles. The van der Waals surface area contributed by atoms with Crippen molar-refractivity contribution < 1.29 is 19.0 Å². The SMILES string of the molecule is CCNC(=NCCOCCOC)N1CCN(C(=O)C2CCCO2)CC1. The largest absolute Gasteiger partial charge is 0.382 e. The third-order valence-corrected chi connectivity index (χ3v) is 4.36. The van der Waals surface area contributed by atoms with E-state index in [4.69, 9.17) is 14.2 Å². The third-order valence-electron chi connectivity index (χ3n) is 4.36. The maximum Gasteiger partial charge on any atom is 0.251 e. The lowest BCUT2D eigenvalue weighted by atomic mass is 10.2. The molecule has 8 heteroatoms. The van der Waals surface area contributed by atoms with Crippen LogP contribution in [0.15, 0.2) is 4.99 Å². The zero-order chi connectivity index (χ0) is 17.9. The highest BCUT2D eigenvalue weighted by molar-refractivity contribution is 5.82. The average molecular weight is 356 g/mol. The van der Waals surface area contributed by atoms with Gasteiger partial charge in [-0.25, -0.2) is 0 Å². The summed E-state index contributed by atoms with van der Waals surface area (Å²) < 4.78 is 15.9. The number of ether oxygens (including phenoxy) is 3. The number of amides is 1. The van der Waals surface area contributed by atoms with E-state index in [2.05, 4.69) is 22.1 Å². The number of carbonyl (C=O) groups is 1. The molecule has 25 heavy (non-hydrogen) atoms. The topological polar surface area (TPSA) is 75.6 Å². The van der Waals surface area contributed by atoms with Crippen molar-refractivity contribution in [1.29, 1.82) is 0 Å². The van der Waals surface area contributed by atoms with Crippen LogP contribution in [0.25, 0.3) is 0 Å². The van der Waals surface area contributed by atoms with Gasteiger partial charge in [0.05, 0.1) is 26.4 Å². The average Bonchev–Trinajstić information content (AvgIpc) is 3.18. The second-order valence-corrected chi connectivity index (χ2v) is 6.15. The van der Waals surface area contributed by atoms with Gasteiger partial charge >= 0.3 is 0 Å². The molecule has 1 N–H and O–H groups in total. The molecular formula is C17H32N4O4. The molecule has 8 nitrogen and oxygen atoms in total. The summed E-state index contributed by atoms with van der Waals surface area (Å²) in [4.78, 5) is 21.2. The molecule has 0 aromatic rings. The van der Waals surface area contributed by atoms with Gasteiger partial charge in [-0.1, -0.05) is 0 Å². The standard InChI is InChI=1S/C17H32N4O4/c1-3-18-17(19-6-12-24-14-13-23-2)21-9-7-20(8-10-21)16(22)15-5-4-11-25-15/h15H,3-14H2,1-2H3,(H,18,19). The fourth-order valence-corrected chi connectivity index (χ4v) is 3.00. The van der Waals surface area contributed by atoms with Crippen molar-refractivity contribution in [3.63, 3.8) is 0 Å². The number of nitrogens with zero attached hydrogens (tertiary/aromatic N) is 3. The van der Waals surface area contributed by atoms with Crippen LogP contribution < -0.4 is 5.32 Å². The van der Waals surface area contributed by atoms with Crippen LogP contribution in [0, 0.1) is 0 Å². The van der Waals surface area contributed by atoms with E-state index in [-0.39, 0.29) is 12.0 Å². The molecule has 2 fully saturated rings. The fraction of sp³-hybridized carbons (Fsp3) is 0.882. The maximum atomic E-state index is 12.4. The first-order valence-corrected chi connectivity index (χ1v) is 9.26. The number of rotatable bonds is 8. The first-order chi connectivity index (χ1) is 12.3. The first kappa shape index (κ1) is 19.9. The highest BCUT2D eigenvalue weighted by atomic mass is 16.5. The molecule has 1 atom stereocenters. The number of piperazine rings is 1. The van der Waals surface area contributed by atoms with Gasteiger partial charge in [0.15, 0.2) is 5.96 Å².